The van der Waals surface area contributed by atoms with Crippen molar-refractivity contribution < 1.29 is 11.8 Å². The molecule has 0 bridgehead atoms. The molecule has 0 aromatic heterocycles. The first-order valence-electron chi connectivity index (χ1n) is 2.94. The van der Waals surface area contributed by atoms with Gasteiger partial charge in [0.2, 0.25) is 0 Å². The fourth-order valence-corrected chi connectivity index (χ4v) is 1.01. The van der Waals surface area contributed by atoms with E-state index in [1.807, 2.05) is 0 Å². The smallest absolute Gasteiger partial charge is 0.304 e. The maximum absolute atomic E-state index is 10.9. The van der Waals surface area contributed by atoms with E-state index < -0.39 is 12.3 Å². The molecule has 0 amide bonds. The summed E-state index contributed by atoms with van der Waals surface area (Å²) < 4.78 is 28.8. The molecule has 0 fully saturated rings. The summed E-state index contributed by atoms with van der Waals surface area (Å²) in [6.45, 7) is -2.18. The zero-order valence-corrected chi connectivity index (χ0v) is 6.63. The van der Waals surface area contributed by atoms with Crippen LogP contribution in [0.25, 0.3) is 0 Å². The summed E-state index contributed by atoms with van der Waals surface area (Å²) in [6.07, 6.45) is 0. The molecule has 0 saturated carbocycles. The molecule has 0 heterocycles. The Balaban J connectivity index is 4.26. The molecule has 2 nitrogen and oxygen atoms in total. The minimum Gasteiger partial charge on any atom is -0.317 e. The standard InChI is InChI=1S/C3H7Cl2O2P/c1-2-7-8(5,6)3-4/h2-3H2,1H3/i3D2. The molecule has 0 aliphatic rings. The summed E-state index contributed by atoms with van der Waals surface area (Å²) in [7, 11) is 0. The summed E-state index contributed by atoms with van der Waals surface area (Å²) in [5.74, 6) is 0. The van der Waals surface area contributed by atoms with Gasteiger partial charge in [-0.3, -0.25) is 4.57 Å². The lowest BCUT2D eigenvalue weighted by Gasteiger charge is -2.03. The van der Waals surface area contributed by atoms with Gasteiger partial charge in [-0.2, -0.15) is 0 Å². The lowest BCUT2D eigenvalue weighted by atomic mass is 10.9. The number of halogens is 2. The van der Waals surface area contributed by atoms with Crippen molar-refractivity contribution in [3.05, 3.63) is 0 Å². The summed E-state index contributed by atoms with van der Waals surface area (Å²) in [5, 5.41) is 0. The van der Waals surface area contributed by atoms with Gasteiger partial charge in [0.25, 0.3) is 0 Å². The molecule has 0 rings (SSSR count). The molecule has 0 N–H and O–H groups in total. The van der Waals surface area contributed by atoms with Gasteiger partial charge >= 0.3 is 6.72 Å². The van der Waals surface area contributed by atoms with Crippen LogP contribution >= 0.6 is 29.6 Å². The molecule has 8 heavy (non-hydrogen) atoms. The summed E-state index contributed by atoms with van der Waals surface area (Å²) in [4.78, 5) is 0. The van der Waals surface area contributed by atoms with E-state index in [2.05, 4.69) is 4.52 Å². The molecule has 0 aliphatic carbocycles. The van der Waals surface area contributed by atoms with Gasteiger partial charge in [-0.15, -0.1) is 11.6 Å². The van der Waals surface area contributed by atoms with Gasteiger partial charge in [0.1, 0.15) is 5.57 Å². The molecule has 0 spiro atoms. The van der Waals surface area contributed by atoms with Gasteiger partial charge in [0, 0.05) is 0 Å². The average Bonchev–Trinajstić information content (AvgIpc) is 1.61. The fraction of sp³-hybridized carbons (Fsp3) is 1.00. The Morgan fingerprint density at radius 3 is 2.62 bits per heavy atom. The van der Waals surface area contributed by atoms with Crippen molar-refractivity contribution in [2.75, 3.05) is 12.2 Å². The highest BCUT2D eigenvalue weighted by atomic mass is 35.7. The van der Waals surface area contributed by atoms with Crippen molar-refractivity contribution in [2.24, 2.45) is 0 Å². The van der Waals surface area contributed by atoms with Crippen molar-refractivity contribution in [1.29, 1.82) is 0 Å². The molecule has 1 atom stereocenters. The largest absolute Gasteiger partial charge is 0.317 e. The lowest BCUT2D eigenvalue weighted by molar-refractivity contribution is 0.348. The van der Waals surface area contributed by atoms with E-state index in [-0.39, 0.29) is 6.61 Å². The van der Waals surface area contributed by atoms with Crippen molar-refractivity contribution in [1.82, 2.24) is 0 Å². The third-order valence-electron chi connectivity index (χ3n) is 0.396. The first kappa shape index (κ1) is 5.55. The van der Waals surface area contributed by atoms with Crippen molar-refractivity contribution >= 4 is 29.6 Å². The Labute approximate surface area is 61.2 Å². The molecule has 50 valence electrons. The SMILES string of the molecule is [2H]C([2H])(Cl)P(=O)(Cl)OCC. The van der Waals surface area contributed by atoms with E-state index in [0.29, 0.717) is 0 Å². The Hall–Kier alpha value is 0.770. The van der Waals surface area contributed by atoms with E-state index >= 15 is 0 Å². The lowest BCUT2D eigenvalue weighted by Crippen LogP contribution is -1.82. The van der Waals surface area contributed by atoms with Gasteiger partial charge in [-0.05, 0) is 18.2 Å². The Morgan fingerprint density at radius 2 is 2.50 bits per heavy atom. The van der Waals surface area contributed by atoms with Gasteiger partial charge in [0.05, 0.1) is 9.35 Å². The van der Waals surface area contributed by atoms with Gasteiger partial charge < -0.3 is 4.52 Å². The van der Waals surface area contributed by atoms with Crippen LogP contribution in [0.1, 0.15) is 9.67 Å². The average molecular weight is 179 g/mol. The quantitative estimate of drug-likeness (QED) is 0.491. The first-order valence-corrected chi connectivity index (χ1v) is 4.85. The number of rotatable bonds is 3. The molecule has 1 unspecified atom stereocenters. The van der Waals surface area contributed by atoms with Crippen LogP contribution in [0.15, 0.2) is 0 Å². The van der Waals surface area contributed by atoms with Gasteiger partial charge in [0.15, 0.2) is 0 Å². The molecule has 0 radical (unpaired) electrons. The maximum Gasteiger partial charge on any atom is 0.304 e. The minimum absolute atomic E-state index is 0.0764. The second-order valence-corrected chi connectivity index (χ2v) is 4.21. The molecule has 0 aliphatic heterocycles. The predicted octanol–water partition coefficient (Wildman–Crippen LogP) is 2.65. The predicted molar refractivity (Wildman–Crippen MR) is 35.8 cm³/mol. The van der Waals surface area contributed by atoms with Gasteiger partial charge in [-0.1, -0.05) is 0 Å². The molecule has 0 aromatic rings. The molecular weight excluding hydrogens is 170 g/mol. The van der Waals surface area contributed by atoms with Crippen molar-refractivity contribution in [2.45, 2.75) is 6.92 Å². The summed E-state index contributed by atoms with van der Waals surface area (Å²) in [6, 6.07) is 0. The monoisotopic (exact) mass is 178 g/mol. The fourth-order valence-electron chi connectivity index (χ4n) is 0.190. The zero-order chi connectivity index (χ0) is 8.41. The summed E-state index contributed by atoms with van der Waals surface area (Å²) in [5.41, 5.74) is -2.48. The van der Waals surface area contributed by atoms with Crippen LogP contribution in [0.3, 0.4) is 0 Å². The summed E-state index contributed by atoms with van der Waals surface area (Å²) >= 11 is 10.2. The van der Waals surface area contributed by atoms with Gasteiger partial charge in [-0.25, -0.2) is 0 Å². The minimum atomic E-state index is -3.81. The van der Waals surface area contributed by atoms with Crippen molar-refractivity contribution in [3.63, 3.8) is 0 Å². The van der Waals surface area contributed by atoms with Crippen LogP contribution in [0, 0.1) is 0 Å². The van der Waals surface area contributed by atoms with E-state index in [1.54, 1.807) is 6.92 Å². The second kappa shape index (κ2) is 3.73. The van der Waals surface area contributed by atoms with Crippen LogP contribution in [-0.4, -0.2) is 12.2 Å². The highest BCUT2D eigenvalue weighted by Crippen LogP contribution is 2.52. The van der Waals surface area contributed by atoms with E-state index in [0.717, 1.165) is 0 Å². The number of hydrogen-bond acceptors (Lipinski definition) is 2. The highest BCUT2D eigenvalue weighted by molar-refractivity contribution is 7.86. The third-order valence-corrected chi connectivity index (χ3v) is 2.66. The Morgan fingerprint density at radius 1 is 2.00 bits per heavy atom. The number of alkyl halides is 1. The second-order valence-electron chi connectivity index (χ2n) is 0.982. The molecular formula is C3H7Cl2O2P. The van der Waals surface area contributed by atoms with Crippen LogP contribution in [0.2, 0.25) is 0 Å². The van der Waals surface area contributed by atoms with Crippen LogP contribution in [0.4, 0.5) is 0 Å². The number of hydrogen-bond donors (Lipinski definition) is 0. The Bertz CT molecular complexity index is 157. The molecule has 5 heteroatoms. The zero-order valence-electron chi connectivity index (χ0n) is 6.23. The van der Waals surface area contributed by atoms with E-state index in [9.17, 15) is 4.57 Å². The molecule has 0 aromatic carbocycles. The van der Waals surface area contributed by atoms with Crippen LogP contribution in [0.5, 0.6) is 0 Å². The topological polar surface area (TPSA) is 26.3 Å². The highest BCUT2D eigenvalue weighted by Gasteiger charge is 2.15. The maximum atomic E-state index is 10.9. The van der Waals surface area contributed by atoms with Crippen molar-refractivity contribution in [3.8, 4) is 0 Å². The molecule has 0 saturated heterocycles. The van der Waals surface area contributed by atoms with E-state index in [1.165, 1.54) is 0 Å². The normalized spacial score (nSPS) is 23.4. The Kier molecular flexibility index (Phi) is 2.59. The van der Waals surface area contributed by atoms with E-state index in [4.69, 9.17) is 25.6 Å². The third kappa shape index (κ3) is 3.73. The van der Waals surface area contributed by atoms with Crippen LogP contribution in [-0.2, 0) is 9.09 Å². The first-order chi connectivity index (χ1) is 4.31. The van der Waals surface area contributed by atoms with Crippen LogP contribution < -0.4 is 0 Å².